The van der Waals surface area contributed by atoms with Crippen LogP contribution in [0.1, 0.15) is 33.6 Å². The first-order valence-electron chi connectivity index (χ1n) is 7.80. The molecule has 1 aromatic carbocycles. The van der Waals surface area contributed by atoms with Crippen LogP contribution in [0.4, 0.5) is 11.4 Å². The van der Waals surface area contributed by atoms with Crippen LogP contribution in [0.2, 0.25) is 0 Å². The first kappa shape index (κ1) is 16.0. The molecule has 2 rings (SSSR count). The topological polar surface area (TPSA) is 52.6 Å². The molecule has 21 heavy (non-hydrogen) atoms. The molecule has 0 unspecified atom stereocenters. The molecule has 0 aliphatic carbocycles. The van der Waals surface area contributed by atoms with E-state index in [1.165, 1.54) is 0 Å². The van der Waals surface area contributed by atoms with Gasteiger partial charge in [-0.2, -0.15) is 0 Å². The fourth-order valence-electron chi connectivity index (χ4n) is 2.71. The molecule has 0 bridgehead atoms. The van der Waals surface area contributed by atoms with Gasteiger partial charge in [0.1, 0.15) is 11.4 Å². The summed E-state index contributed by atoms with van der Waals surface area (Å²) in [6.45, 7) is 10.9. The van der Waals surface area contributed by atoms with Crippen molar-refractivity contribution >= 4 is 11.4 Å². The molecule has 1 saturated heterocycles. The SMILES string of the molecule is CN1CCN(c2c(NCCCC(C)(C)C)c(=O)c2=O)CC1. The minimum absolute atomic E-state index is 0.301. The minimum Gasteiger partial charge on any atom is -0.380 e. The second-order valence-electron chi connectivity index (χ2n) is 7.26. The van der Waals surface area contributed by atoms with E-state index >= 15 is 0 Å². The lowest BCUT2D eigenvalue weighted by molar-refractivity contribution is 0.312. The van der Waals surface area contributed by atoms with Gasteiger partial charge in [0.05, 0.1) is 0 Å². The van der Waals surface area contributed by atoms with Gasteiger partial charge in [-0.3, -0.25) is 9.59 Å². The number of piperazine rings is 1. The van der Waals surface area contributed by atoms with Crippen LogP contribution in [0.25, 0.3) is 0 Å². The Labute approximate surface area is 126 Å². The van der Waals surface area contributed by atoms with Crippen LogP contribution in [0.5, 0.6) is 0 Å². The van der Waals surface area contributed by atoms with E-state index in [1.807, 2.05) is 0 Å². The van der Waals surface area contributed by atoms with E-state index in [1.54, 1.807) is 0 Å². The van der Waals surface area contributed by atoms with Gasteiger partial charge in [-0.15, -0.1) is 0 Å². The standard InChI is InChI=1S/C16H27N3O2/c1-16(2,3)6-5-7-17-12-13(15(21)14(12)20)19-10-8-18(4)9-11-19/h17H,5-11H2,1-4H3. The molecule has 0 radical (unpaired) electrons. The average molecular weight is 293 g/mol. The van der Waals surface area contributed by atoms with Crippen LogP contribution in [-0.4, -0.2) is 44.7 Å². The molecule has 0 atom stereocenters. The molecule has 1 aliphatic rings. The fraction of sp³-hybridized carbons (Fsp3) is 0.750. The highest BCUT2D eigenvalue weighted by molar-refractivity contribution is 5.75. The lowest BCUT2D eigenvalue weighted by atomic mass is 9.90. The van der Waals surface area contributed by atoms with E-state index in [2.05, 4.69) is 42.9 Å². The molecule has 0 saturated carbocycles. The average Bonchev–Trinajstić information content (AvgIpc) is 2.42. The van der Waals surface area contributed by atoms with Gasteiger partial charge >= 0.3 is 0 Å². The highest BCUT2D eigenvalue weighted by Gasteiger charge is 2.27. The number of hydrogen-bond donors (Lipinski definition) is 1. The summed E-state index contributed by atoms with van der Waals surface area (Å²) in [5.41, 5.74) is 0.787. The number of rotatable bonds is 5. The summed E-state index contributed by atoms with van der Waals surface area (Å²) in [5, 5.41) is 3.18. The van der Waals surface area contributed by atoms with Crippen LogP contribution >= 0.6 is 0 Å². The maximum absolute atomic E-state index is 11.8. The van der Waals surface area contributed by atoms with Gasteiger partial charge in [0.15, 0.2) is 0 Å². The molecule has 1 aromatic rings. The van der Waals surface area contributed by atoms with Crippen molar-refractivity contribution in [1.29, 1.82) is 0 Å². The zero-order chi connectivity index (χ0) is 15.6. The molecular weight excluding hydrogens is 266 g/mol. The van der Waals surface area contributed by atoms with Gasteiger partial charge in [0.25, 0.3) is 10.9 Å². The molecule has 1 fully saturated rings. The Morgan fingerprint density at radius 2 is 1.67 bits per heavy atom. The lowest BCUT2D eigenvalue weighted by Gasteiger charge is -2.35. The number of hydrogen-bond acceptors (Lipinski definition) is 5. The Balaban J connectivity index is 1.94. The molecule has 5 heteroatoms. The quantitative estimate of drug-likeness (QED) is 0.654. The van der Waals surface area contributed by atoms with Crippen molar-refractivity contribution in [2.45, 2.75) is 33.6 Å². The number of nitrogens with one attached hydrogen (secondary N) is 1. The fourth-order valence-corrected chi connectivity index (χ4v) is 2.71. The number of nitrogens with zero attached hydrogens (tertiary/aromatic N) is 2. The van der Waals surface area contributed by atoms with Gasteiger partial charge in [-0.25, -0.2) is 0 Å². The zero-order valence-corrected chi connectivity index (χ0v) is 13.7. The molecule has 0 aromatic heterocycles. The molecular formula is C16H27N3O2. The number of likely N-dealkylation sites (N-methyl/N-ethyl adjacent to an activating group) is 1. The lowest BCUT2D eigenvalue weighted by Crippen LogP contribution is -2.50. The Morgan fingerprint density at radius 1 is 1.05 bits per heavy atom. The largest absolute Gasteiger partial charge is 0.380 e. The Bertz CT molecular complexity index is 545. The summed E-state index contributed by atoms with van der Waals surface area (Å²) >= 11 is 0. The van der Waals surface area contributed by atoms with Gasteiger partial charge in [0, 0.05) is 32.7 Å². The Morgan fingerprint density at radius 3 is 2.24 bits per heavy atom. The predicted octanol–water partition coefficient (Wildman–Crippen LogP) is 1.27. The van der Waals surface area contributed by atoms with Gasteiger partial charge in [0.2, 0.25) is 0 Å². The van der Waals surface area contributed by atoms with E-state index in [4.69, 9.17) is 0 Å². The molecule has 1 N–H and O–H groups in total. The maximum atomic E-state index is 11.8. The monoisotopic (exact) mass is 293 g/mol. The van der Waals surface area contributed by atoms with E-state index in [-0.39, 0.29) is 10.9 Å². The summed E-state index contributed by atoms with van der Waals surface area (Å²) in [6.07, 6.45) is 2.10. The van der Waals surface area contributed by atoms with Crippen LogP contribution in [0.15, 0.2) is 9.59 Å². The molecule has 5 nitrogen and oxygen atoms in total. The maximum Gasteiger partial charge on any atom is 0.253 e. The zero-order valence-electron chi connectivity index (χ0n) is 13.7. The smallest absolute Gasteiger partial charge is 0.253 e. The second-order valence-corrected chi connectivity index (χ2v) is 7.26. The Hall–Kier alpha value is -1.36. The highest BCUT2D eigenvalue weighted by Crippen LogP contribution is 2.23. The molecule has 1 aliphatic heterocycles. The van der Waals surface area contributed by atoms with Crippen molar-refractivity contribution in [3.8, 4) is 0 Å². The van der Waals surface area contributed by atoms with Crippen LogP contribution in [0.3, 0.4) is 0 Å². The highest BCUT2D eigenvalue weighted by atomic mass is 16.2. The normalized spacial score (nSPS) is 17.4. The third kappa shape index (κ3) is 3.84. The van der Waals surface area contributed by atoms with Crippen molar-refractivity contribution in [1.82, 2.24) is 4.90 Å². The van der Waals surface area contributed by atoms with Crippen molar-refractivity contribution in [2.24, 2.45) is 5.41 Å². The van der Waals surface area contributed by atoms with Crippen LogP contribution in [0, 0.1) is 5.41 Å². The predicted molar refractivity (Wildman–Crippen MR) is 88.2 cm³/mol. The summed E-state index contributed by atoms with van der Waals surface area (Å²) in [7, 11) is 2.07. The first-order valence-corrected chi connectivity index (χ1v) is 7.80. The van der Waals surface area contributed by atoms with Crippen molar-refractivity contribution in [3.63, 3.8) is 0 Å². The first-order chi connectivity index (χ1) is 9.79. The van der Waals surface area contributed by atoms with Gasteiger partial charge in [-0.05, 0) is 25.3 Å². The Kier molecular flexibility index (Phi) is 4.71. The summed E-state index contributed by atoms with van der Waals surface area (Å²) in [4.78, 5) is 27.9. The molecule has 0 amide bonds. The second kappa shape index (κ2) is 6.18. The summed E-state index contributed by atoms with van der Waals surface area (Å²) < 4.78 is 0. The summed E-state index contributed by atoms with van der Waals surface area (Å²) in [5.74, 6) is 0. The van der Waals surface area contributed by atoms with E-state index in [0.717, 1.165) is 45.6 Å². The van der Waals surface area contributed by atoms with Crippen molar-refractivity contribution < 1.29 is 0 Å². The van der Waals surface area contributed by atoms with Gasteiger partial charge < -0.3 is 15.1 Å². The summed E-state index contributed by atoms with van der Waals surface area (Å²) in [6, 6.07) is 0. The van der Waals surface area contributed by atoms with Crippen LogP contribution in [-0.2, 0) is 0 Å². The van der Waals surface area contributed by atoms with Crippen molar-refractivity contribution in [2.75, 3.05) is 50.0 Å². The van der Waals surface area contributed by atoms with E-state index < -0.39 is 0 Å². The molecule has 1 heterocycles. The third-order valence-corrected chi connectivity index (χ3v) is 4.11. The minimum atomic E-state index is -0.348. The third-order valence-electron chi connectivity index (χ3n) is 4.11. The van der Waals surface area contributed by atoms with Crippen LogP contribution < -0.4 is 21.1 Å². The van der Waals surface area contributed by atoms with Gasteiger partial charge in [-0.1, -0.05) is 20.8 Å². The van der Waals surface area contributed by atoms with Crippen molar-refractivity contribution in [3.05, 3.63) is 20.4 Å². The molecule has 118 valence electrons. The van der Waals surface area contributed by atoms with E-state index in [9.17, 15) is 9.59 Å². The van der Waals surface area contributed by atoms with E-state index in [0.29, 0.717) is 16.8 Å². The molecule has 0 spiro atoms. The number of anilines is 2.